The number of carbonyl (C=O) groups excluding carboxylic acids is 3. The zero-order chi connectivity index (χ0) is 29.0. The molecule has 3 aliphatic heterocycles. The second-order valence-corrected chi connectivity index (χ2v) is 19.3. The number of benzene rings is 1. The summed E-state index contributed by atoms with van der Waals surface area (Å²) in [5.41, 5.74) is -2.85. The van der Waals surface area contributed by atoms with Crippen LogP contribution in [0.3, 0.4) is 0 Å². The molecule has 9 nitrogen and oxygen atoms in total. The van der Waals surface area contributed by atoms with Gasteiger partial charge in [0.05, 0.1) is 31.6 Å². The van der Waals surface area contributed by atoms with Gasteiger partial charge in [0.15, 0.2) is 13.9 Å². The van der Waals surface area contributed by atoms with Gasteiger partial charge in [-0.2, -0.15) is 0 Å². The fourth-order valence-electron chi connectivity index (χ4n) is 5.05. The summed E-state index contributed by atoms with van der Waals surface area (Å²) in [4.78, 5) is 40.9. The first-order valence-electron chi connectivity index (χ1n) is 13.1. The summed E-state index contributed by atoms with van der Waals surface area (Å²) in [5.74, 6) is -2.48. The molecule has 0 radical (unpaired) electrons. The van der Waals surface area contributed by atoms with Crippen LogP contribution in [0.2, 0.25) is 18.1 Å². The number of fused-ring (bicyclic) bond motifs is 5. The smallest absolute Gasteiger partial charge is 0.322 e. The number of nitrogens with zero attached hydrogens (tertiary/aromatic N) is 1. The van der Waals surface area contributed by atoms with Crippen molar-refractivity contribution in [2.75, 3.05) is 26.4 Å². The molecule has 2 amide bonds. The Kier molecular flexibility index (Phi) is 7.74. The van der Waals surface area contributed by atoms with Crippen molar-refractivity contribution in [1.82, 2.24) is 4.90 Å². The average molecular weight is 625 g/mol. The van der Waals surface area contributed by atoms with Crippen LogP contribution in [-0.2, 0) is 28.3 Å². The molecule has 2 bridgehead atoms. The summed E-state index contributed by atoms with van der Waals surface area (Å²) in [5, 5.41) is 10.4. The third-order valence-corrected chi connectivity index (χ3v) is 13.1. The zero-order valence-electron chi connectivity index (χ0n) is 23.6. The standard InChI is InChI=1S/C28H38BrNO8Si/c1-25(2,3)39(6,7)36-17-28-19(37-18-11-9-8-10-12-18)15-27(16-31,38-28)20-21(28)23(33)30(22(20)32)13-14-35-24(34)26(4,5)29/h8-12,15,20-21,31H,13-14,16-17H2,1-7H3. The van der Waals surface area contributed by atoms with Gasteiger partial charge in [0.2, 0.25) is 11.8 Å². The molecule has 2 fully saturated rings. The van der Waals surface area contributed by atoms with Crippen molar-refractivity contribution in [3.8, 4) is 5.75 Å². The van der Waals surface area contributed by atoms with Crippen LogP contribution >= 0.6 is 15.9 Å². The number of ether oxygens (including phenoxy) is 3. The van der Waals surface area contributed by atoms with Crippen LogP contribution in [-0.4, -0.2) is 78.0 Å². The van der Waals surface area contributed by atoms with E-state index in [1.165, 1.54) is 0 Å². The molecule has 39 heavy (non-hydrogen) atoms. The lowest BCUT2D eigenvalue weighted by molar-refractivity contribution is -0.156. The van der Waals surface area contributed by atoms with Crippen molar-refractivity contribution in [3.63, 3.8) is 0 Å². The molecule has 1 aromatic carbocycles. The van der Waals surface area contributed by atoms with Crippen LogP contribution in [0.15, 0.2) is 42.2 Å². The summed E-state index contributed by atoms with van der Waals surface area (Å²) < 4.78 is 23.8. The Morgan fingerprint density at radius 2 is 1.72 bits per heavy atom. The van der Waals surface area contributed by atoms with Crippen molar-refractivity contribution in [2.24, 2.45) is 11.8 Å². The highest BCUT2D eigenvalue weighted by Crippen LogP contribution is 2.60. The number of aliphatic hydroxyl groups is 1. The molecule has 4 rings (SSSR count). The predicted molar refractivity (Wildman–Crippen MR) is 150 cm³/mol. The monoisotopic (exact) mass is 623 g/mol. The van der Waals surface area contributed by atoms with Gasteiger partial charge in [0, 0.05) is 0 Å². The van der Waals surface area contributed by atoms with Gasteiger partial charge in [0.1, 0.15) is 28.0 Å². The molecule has 4 atom stereocenters. The van der Waals surface area contributed by atoms with E-state index in [9.17, 15) is 19.5 Å². The molecule has 3 heterocycles. The van der Waals surface area contributed by atoms with Crippen LogP contribution in [0.1, 0.15) is 34.6 Å². The number of halogens is 1. The lowest BCUT2D eigenvalue weighted by atomic mass is 9.71. The van der Waals surface area contributed by atoms with E-state index in [1.807, 2.05) is 18.2 Å². The van der Waals surface area contributed by atoms with E-state index < -0.39 is 60.1 Å². The molecule has 11 heteroatoms. The lowest BCUT2D eigenvalue weighted by Gasteiger charge is -2.40. The topological polar surface area (TPSA) is 112 Å². The number of imide groups is 1. The predicted octanol–water partition coefficient (Wildman–Crippen LogP) is 3.80. The molecule has 0 aliphatic carbocycles. The molecule has 4 unspecified atom stereocenters. The Morgan fingerprint density at radius 3 is 2.28 bits per heavy atom. The fraction of sp³-hybridized carbons (Fsp3) is 0.607. The number of carbonyl (C=O) groups is 3. The van der Waals surface area contributed by atoms with Gasteiger partial charge in [-0.1, -0.05) is 54.9 Å². The molecule has 1 aromatic rings. The highest BCUT2D eigenvalue weighted by Gasteiger charge is 2.77. The Hall–Kier alpha value is -2.05. The first kappa shape index (κ1) is 29.9. The van der Waals surface area contributed by atoms with Crippen molar-refractivity contribution >= 4 is 42.0 Å². The van der Waals surface area contributed by atoms with Crippen LogP contribution < -0.4 is 4.74 Å². The molecule has 214 valence electrons. The maximum absolute atomic E-state index is 13.9. The average Bonchev–Trinajstić information content (AvgIpc) is 3.42. The van der Waals surface area contributed by atoms with E-state index in [4.69, 9.17) is 18.6 Å². The molecule has 3 aliphatic rings. The number of hydrogen-bond donors (Lipinski definition) is 1. The van der Waals surface area contributed by atoms with E-state index in [-0.39, 0.29) is 24.8 Å². The summed E-state index contributed by atoms with van der Waals surface area (Å²) >= 11 is 3.25. The minimum Gasteiger partial charge on any atom is -0.463 e. The molecule has 0 spiro atoms. The second kappa shape index (κ2) is 10.1. The van der Waals surface area contributed by atoms with Crippen molar-refractivity contribution in [2.45, 2.75) is 68.3 Å². The van der Waals surface area contributed by atoms with Gasteiger partial charge < -0.3 is 23.7 Å². The van der Waals surface area contributed by atoms with Gasteiger partial charge in [-0.3, -0.25) is 19.3 Å². The molecular weight excluding hydrogens is 586 g/mol. The summed E-state index contributed by atoms with van der Waals surface area (Å²) in [6.45, 7) is 13.1. The number of likely N-dealkylation sites (tertiary alicyclic amines) is 1. The van der Waals surface area contributed by atoms with E-state index in [0.717, 1.165) is 4.90 Å². The molecule has 0 saturated carbocycles. The molecule has 0 aromatic heterocycles. The number of amides is 2. The first-order chi connectivity index (χ1) is 18.0. The third kappa shape index (κ3) is 5.12. The van der Waals surface area contributed by atoms with Gasteiger partial charge in [-0.25, -0.2) is 0 Å². The number of rotatable bonds is 10. The molecule has 1 N–H and O–H groups in total. The minimum absolute atomic E-state index is 0.00923. The van der Waals surface area contributed by atoms with Crippen LogP contribution in [0.5, 0.6) is 5.75 Å². The van der Waals surface area contributed by atoms with Crippen molar-refractivity contribution in [3.05, 3.63) is 42.2 Å². The highest BCUT2D eigenvalue weighted by atomic mass is 79.9. The molecule has 2 saturated heterocycles. The van der Waals surface area contributed by atoms with Crippen LogP contribution in [0.25, 0.3) is 0 Å². The van der Waals surface area contributed by atoms with Gasteiger partial charge in [-0.15, -0.1) is 0 Å². The summed E-state index contributed by atoms with van der Waals surface area (Å²) in [7, 11) is -2.32. The van der Waals surface area contributed by atoms with Crippen LogP contribution in [0.4, 0.5) is 0 Å². The Labute approximate surface area is 239 Å². The third-order valence-electron chi connectivity index (χ3n) is 8.30. The SMILES string of the molecule is CC(C)(Br)C(=O)OCCN1C(=O)C2C(C1=O)C1(CO[Si](C)(C)C(C)(C)C)OC2(CO)C=C1Oc1ccccc1. The lowest BCUT2D eigenvalue weighted by Crippen LogP contribution is -2.52. The van der Waals surface area contributed by atoms with Gasteiger partial charge >= 0.3 is 5.97 Å². The summed E-state index contributed by atoms with van der Waals surface area (Å²) in [6, 6.07) is 9.09. The quantitative estimate of drug-likeness (QED) is 0.181. The number of hydrogen-bond acceptors (Lipinski definition) is 8. The largest absolute Gasteiger partial charge is 0.463 e. The Balaban J connectivity index is 1.68. The van der Waals surface area contributed by atoms with E-state index in [0.29, 0.717) is 11.5 Å². The number of aliphatic hydroxyl groups excluding tert-OH is 1. The zero-order valence-corrected chi connectivity index (χ0v) is 26.2. The minimum atomic E-state index is -2.32. The Bertz CT molecular complexity index is 1170. The van der Waals surface area contributed by atoms with E-state index in [1.54, 1.807) is 32.1 Å². The molecular formula is C28H38BrNO8Si. The number of para-hydroxylation sites is 1. The first-order valence-corrected chi connectivity index (χ1v) is 16.8. The van der Waals surface area contributed by atoms with E-state index >= 15 is 0 Å². The second-order valence-electron chi connectivity index (χ2n) is 12.5. The Morgan fingerprint density at radius 1 is 1.10 bits per heavy atom. The fourth-order valence-corrected chi connectivity index (χ4v) is 6.17. The highest BCUT2D eigenvalue weighted by molar-refractivity contribution is 9.10. The summed E-state index contributed by atoms with van der Waals surface area (Å²) in [6.07, 6.45) is 1.64. The maximum atomic E-state index is 13.9. The normalized spacial score (nSPS) is 28.5. The van der Waals surface area contributed by atoms with Gasteiger partial charge in [0.25, 0.3) is 0 Å². The van der Waals surface area contributed by atoms with Crippen molar-refractivity contribution in [1.29, 1.82) is 0 Å². The number of alkyl halides is 1. The van der Waals surface area contributed by atoms with E-state index in [2.05, 4.69) is 49.8 Å². The number of esters is 1. The van der Waals surface area contributed by atoms with Crippen molar-refractivity contribution < 1.29 is 38.1 Å². The maximum Gasteiger partial charge on any atom is 0.322 e. The van der Waals surface area contributed by atoms with Gasteiger partial charge in [-0.05, 0) is 50.2 Å². The van der Waals surface area contributed by atoms with Crippen LogP contribution in [0, 0.1) is 11.8 Å².